The number of nitrogens with one attached hydrogen (secondary N) is 2. The first kappa shape index (κ1) is 19.5. The molecule has 150 valence electrons. The molecule has 1 aromatic carbocycles. The van der Waals surface area contributed by atoms with E-state index in [1.165, 1.54) is 11.3 Å². The molecule has 0 fully saturated rings. The number of rotatable bonds is 5. The van der Waals surface area contributed by atoms with Gasteiger partial charge in [-0.05, 0) is 61.7 Å². The van der Waals surface area contributed by atoms with Gasteiger partial charge in [0.15, 0.2) is 5.82 Å². The number of amides is 2. The minimum absolute atomic E-state index is 0.202. The van der Waals surface area contributed by atoms with Crippen LogP contribution in [0.1, 0.15) is 31.4 Å². The van der Waals surface area contributed by atoms with E-state index in [0.29, 0.717) is 27.6 Å². The average Bonchev–Trinajstić information content (AvgIpc) is 3.38. The maximum absolute atomic E-state index is 12.6. The van der Waals surface area contributed by atoms with Crippen molar-refractivity contribution in [3.8, 4) is 5.82 Å². The predicted molar refractivity (Wildman–Crippen MR) is 118 cm³/mol. The Labute approximate surface area is 177 Å². The molecule has 0 radical (unpaired) electrons. The number of hydrogen-bond donors (Lipinski definition) is 2. The van der Waals surface area contributed by atoms with Crippen LogP contribution in [0.2, 0.25) is 0 Å². The summed E-state index contributed by atoms with van der Waals surface area (Å²) in [5.41, 5.74) is 3.45. The Hall–Kier alpha value is -3.78. The van der Waals surface area contributed by atoms with Gasteiger partial charge in [-0.3, -0.25) is 9.59 Å². The van der Waals surface area contributed by atoms with E-state index in [1.807, 2.05) is 31.4 Å². The van der Waals surface area contributed by atoms with Crippen LogP contribution >= 0.6 is 11.3 Å². The molecule has 0 aliphatic heterocycles. The molecule has 0 bridgehead atoms. The molecule has 4 rings (SSSR count). The third-order valence-electron chi connectivity index (χ3n) is 4.36. The fourth-order valence-corrected chi connectivity index (χ4v) is 3.61. The summed E-state index contributed by atoms with van der Waals surface area (Å²) in [6, 6.07) is 15.9. The number of carbonyl (C=O) groups excluding carboxylic acids is 2. The fraction of sp³-hybridized carbons (Fsp3) is 0.0909. The lowest BCUT2D eigenvalue weighted by Crippen LogP contribution is -2.14. The van der Waals surface area contributed by atoms with Gasteiger partial charge in [-0.15, -0.1) is 11.3 Å². The van der Waals surface area contributed by atoms with Gasteiger partial charge in [-0.25, -0.2) is 9.67 Å². The molecule has 0 atom stereocenters. The SMILES string of the molecule is Cc1cc(C)n(-c2ccc(NC(=O)c3cccc(NC(=O)c4cccs4)c3)cn2)n1. The zero-order valence-corrected chi connectivity index (χ0v) is 17.2. The lowest BCUT2D eigenvalue weighted by Gasteiger charge is -2.09. The number of benzene rings is 1. The van der Waals surface area contributed by atoms with Crippen molar-refractivity contribution in [1.82, 2.24) is 14.8 Å². The highest BCUT2D eigenvalue weighted by atomic mass is 32.1. The third kappa shape index (κ3) is 4.28. The predicted octanol–water partition coefficient (Wildman–Crippen LogP) is 4.45. The van der Waals surface area contributed by atoms with Gasteiger partial charge < -0.3 is 10.6 Å². The van der Waals surface area contributed by atoms with Gasteiger partial charge in [-0.1, -0.05) is 12.1 Å². The smallest absolute Gasteiger partial charge is 0.265 e. The molecule has 3 heterocycles. The Bertz CT molecular complexity index is 1200. The first-order chi connectivity index (χ1) is 14.5. The molecular formula is C22H19N5O2S. The van der Waals surface area contributed by atoms with Crippen molar-refractivity contribution in [2.75, 3.05) is 10.6 Å². The summed E-state index contributed by atoms with van der Waals surface area (Å²) in [6.45, 7) is 3.89. The minimum Gasteiger partial charge on any atom is -0.321 e. The summed E-state index contributed by atoms with van der Waals surface area (Å²) in [5, 5.41) is 11.9. The van der Waals surface area contributed by atoms with Crippen molar-refractivity contribution in [2.45, 2.75) is 13.8 Å². The summed E-state index contributed by atoms with van der Waals surface area (Å²) in [5.74, 6) is 0.186. The molecule has 0 saturated heterocycles. The molecular weight excluding hydrogens is 398 g/mol. The zero-order chi connectivity index (χ0) is 21.1. The summed E-state index contributed by atoms with van der Waals surface area (Å²) in [4.78, 5) is 29.8. The van der Waals surface area contributed by atoms with E-state index in [2.05, 4.69) is 20.7 Å². The molecule has 0 spiro atoms. The van der Waals surface area contributed by atoms with Gasteiger partial charge in [0.05, 0.1) is 22.5 Å². The van der Waals surface area contributed by atoms with Crippen LogP contribution in [0.5, 0.6) is 0 Å². The third-order valence-corrected chi connectivity index (χ3v) is 5.23. The second-order valence-corrected chi connectivity index (χ2v) is 7.66. The first-order valence-corrected chi connectivity index (χ1v) is 10.1. The Kier molecular flexibility index (Phi) is 5.40. The van der Waals surface area contributed by atoms with Gasteiger partial charge in [0.25, 0.3) is 11.8 Å². The van der Waals surface area contributed by atoms with Crippen molar-refractivity contribution < 1.29 is 9.59 Å². The maximum atomic E-state index is 12.6. The highest BCUT2D eigenvalue weighted by Crippen LogP contribution is 2.17. The highest BCUT2D eigenvalue weighted by Gasteiger charge is 2.11. The number of pyridine rings is 1. The molecule has 2 N–H and O–H groups in total. The Morgan fingerprint density at radius 1 is 0.933 bits per heavy atom. The van der Waals surface area contributed by atoms with E-state index in [9.17, 15) is 9.59 Å². The van der Waals surface area contributed by atoms with E-state index in [4.69, 9.17) is 0 Å². The summed E-state index contributed by atoms with van der Waals surface area (Å²) in [6.07, 6.45) is 1.59. The highest BCUT2D eigenvalue weighted by molar-refractivity contribution is 7.12. The summed E-state index contributed by atoms with van der Waals surface area (Å²) < 4.78 is 1.75. The molecule has 8 heteroatoms. The second kappa shape index (κ2) is 8.30. The summed E-state index contributed by atoms with van der Waals surface area (Å²) in [7, 11) is 0. The first-order valence-electron chi connectivity index (χ1n) is 9.25. The van der Waals surface area contributed by atoms with Gasteiger partial charge in [0.2, 0.25) is 0 Å². The molecule has 0 aliphatic carbocycles. The van der Waals surface area contributed by atoms with Crippen LogP contribution in [0.25, 0.3) is 5.82 Å². The number of anilines is 2. The largest absolute Gasteiger partial charge is 0.321 e. The van der Waals surface area contributed by atoms with Crippen molar-refractivity contribution in [2.24, 2.45) is 0 Å². The maximum Gasteiger partial charge on any atom is 0.265 e. The number of carbonyl (C=O) groups is 2. The second-order valence-electron chi connectivity index (χ2n) is 6.71. The van der Waals surface area contributed by atoms with Crippen LogP contribution in [-0.2, 0) is 0 Å². The molecule has 3 aromatic heterocycles. The monoisotopic (exact) mass is 417 g/mol. The molecule has 0 saturated carbocycles. The fourth-order valence-electron chi connectivity index (χ4n) is 2.99. The van der Waals surface area contributed by atoms with Crippen LogP contribution in [0.3, 0.4) is 0 Å². The van der Waals surface area contributed by atoms with E-state index in [0.717, 1.165) is 11.4 Å². The van der Waals surface area contributed by atoms with E-state index >= 15 is 0 Å². The van der Waals surface area contributed by atoms with Crippen LogP contribution in [0.15, 0.2) is 66.2 Å². The molecule has 30 heavy (non-hydrogen) atoms. The Balaban J connectivity index is 1.45. The molecule has 7 nitrogen and oxygen atoms in total. The normalized spacial score (nSPS) is 10.6. The van der Waals surface area contributed by atoms with Gasteiger partial charge in [0.1, 0.15) is 0 Å². The van der Waals surface area contributed by atoms with Gasteiger partial charge >= 0.3 is 0 Å². The van der Waals surface area contributed by atoms with E-state index < -0.39 is 0 Å². The number of aryl methyl sites for hydroxylation is 2. The van der Waals surface area contributed by atoms with Crippen molar-refractivity contribution in [3.05, 3.63) is 88.0 Å². The lowest BCUT2D eigenvalue weighted by atomic mass is 10.2. The molecule has 4 aromatic rings. The number of aromatic nitrogens is 3. The van der Waals surface area contributed by atoms with E-state index in [-0.39, 0.29) is 11.8 Å². The quantitative estimate of drug-likeness (QED) is 0.502. The lowest BCUT2D eigenvalue weighted by molar-refractivity contribution is 0.101. The zero-order valence-electron chi connectivity index (χ0n) is 16.4. The molecule has 0 unspecified atom stereocenters. The number of hydrogen-bond acceptors (Lipinski definition) is 5. The van der Waals surface area contributed by atoms with Gasteiger partial charge in [-0.2, -0.15) is 5.10 Å². The van der Waals surface area contributed by atoms with Crippen LogP contribution in [-0.4, -0.2) is 26.6 Å². The van der Waals surface area contributed by atoms with Crippen molar-refractivity contribution in [3.63, 3.8) is 0 Å². The Morgan fingerprint density at radius 3 is 2.43 bits per heavy atom. The van der Waals surface area contributed by atoms with Crippen LogP contribution < -0.4 is 10.6 Å². The Morgan fingerprint density at radius 2 is 1.77 bits per heavy atom. The topological polar surface area (TPSA) is 88.9 Å². The minimum atomic E-state index is -0.289. The number of nitrogens with zero attached hydrogens (tertiary/aromatic N) is 3. The van der Waals surface area contributed by atoms with E-state index in [1.54, 1.807) is 53.3 Å². The standard InChI is InChI=1S/C22H19N5O2S/c1-14-11-15(2)27(26-14)20-9-8-18(13-23-20)25-21(28)16-5-3-6-17(12-16)24-22(29)19-7-4-10-30-19/h3-13H,1-2H3,(H,24,29)(H,25,28). The summed E-state index contributed by atoms with van der Waals surface area (Å²) >= 11 is 1.36. The average molecular weight is 417 g/mol. The molecule has 2 amide bonds. The molecule has 0 aliphatic rings. The van der Waals surface area contributed by atoms with Gasteiger partial charge in [0, 0.05) is 16.9 Å². The van der Waals surface area contributed by atoms with Crippen molar-refractivity contribution in [1.29, 1.82) is 0 Å². The van der Waals surface area contributed by atoms with Crippen molar-refractivity contribution >= 4 is 34.5 Å². The van der Waals surface area contributed by atoms with Crippen LogP contribution in [0.4, 0.5) is 11.4 Å². The number of thiophene rings is 1. The van der Waals surface area contributed by atoms with Crippen LogP contribution in [0, 0.1) is 13.8 Å².